The molecule has 2 atom stereocenters. The van der Waals surface area contributed by atoms with Gasteiger partial charge in [-0.3, -0.25) is 9.78 Å². The largest absolute Gasteiger partial charge is 0.368 e. The summed E-state index contributed by atoms with van der Waals surface area (Å²) in [4.78, 5) is 16.4. The van der Waals surface area contributed by atoms with Crippen LogP contribution >= 0.6 is 11.6 Å². The number of pyridine rings is 1. The Bertz CT molecular complexity index is 655. The summed E-state index contributed by atoms with van der Waals surface area (Å²) >= 11 is 5.99. The second-order valence-corrected chi connectivity index (χ2v) is 6.50. The highest BCUT2D eigenvalue weighted by Gasteiger charge is 2.24. The fourth-order valence-electron chi connectivity index (χ4n) is 2.97. The van der Waals surface area contributed by atoms with Crippen molar-refractivity contribution in [1.29, 1.82) is 0 Å². The Morgan fingerprint density at radius 3 is 2.83 bits per heavy atom. The van der Waals surface area contributed by atoms with Crippen molar-refractivity contribution < 1.29 is 9.53 Å². The van der Waals surface area contributed by atoms with Gasteiger partial charge in [0.05, 0.1) is 0 Å². The van der Waals surface area contributed by atoms with Crippen LogP contribution in [-0.4, -0.2) is 30.1 Å². The van der Waals surface area contributed by atoms with Gasteiger partial charge in [-0.2, -0.15) is 0 Å². The third-order valence-corrected chi connectivity index (χ3v) is 4.54. The highest BCUT2D eigenvalue weighted by molar-refractivity contribution is 6.30. The molecular formula is C19H21ClN2O2. The van der Waals surface area contributed by atoms with Crippen molar-refractivity contribution in [3.05, 3.63) is 64.9 Å². The number of nitrogens with one attached hydrogen (secondary N) is 1. The van der Waals surface area contributed by atoms with Gasteiger partial charge in [0.25, 0.3) is 0 Å². The van der Waals surface area contributed by atoms with Gasteiger partial charge in [-0.15, -0.1) is 0 Å². The van der Waals surface area contributed by atoms with E-state index in [0.717, 1.165) is 30.4 Å². The number of halogens is 1. The van der Waals surface area contributed by atoms with E-state index in [2.05, 4.69) is 16.4 Å². The Labute approximate surface area is 147 Å². The SMILES string of the molecule is O=C(NCC(Cc1cccnc1)c1ccc(Cl)cc1)C1CCCO1. The lowest BCUT2D eigenvalue weighted by Crippen LogP contribution is -2.37. The molecule has 2 heterocycles. The molecule has 1 N–H and O–H groups in total. The first-order valence-corrected chi connectivity index (χ1v) is 8.64. The molecule has 5 heteroatoms. The molecule has 3 rings (SSSR count). The van der Waals surface area contributed by atoms with Gasteiger partial charge in [0.1, 0.15) is 6.10 Å². The van der Waals surface area contributed by atoms with Gasteiger partial charge in [0, 0.05) is 36.5 Å². The van der Waals surface area contributed by atoms with Crippen LogP contribution in [-0.2, 0) is 16.0 Å². The van der Waals surface area contributed by atoms with Gasteiger partial charge in [0.2, 0.25) is 5.91 Å². The standard InChI is InChI=1S/C19H21ClN2O2/c20-17-7-5-15(6-8-17)16(11-14-3-1-9-21-12-14)13-22-19(23)18-4-2-10-24-18/h1,3,5-9,12,16,18H,2,4,10-11,13H2,(H,22,23). The number of amides is 1. The highest BCUT2D eigenvalue weighted by Crippen LogP contribution is 2.22. The second kappa shape index (κ2) is 8.27. The van der Waals surface area contributed by atoms with E-state index in [1.165, 1.54) is 0 Å². The summed E-state index contributed by atoms with van der Waals surface area (Å²) in [7, 11) is 0. The van der Waals surface area contributed by atoms with Crippen LogP contribution in [0.5, 0.6) is 0 Å². The number of carbonyl (C=O) groups is 1. The number of ether oxygens (including phenoxy) is 1. The molecule has 0 saturated carbocycles. The van der Waals surface area contributed by atoms with Gasteiger partial charge >= 0.3 is 0 Å². The number of hydrogen-bond acceptors (Lipinski definition) is 3. The third kappa shape index (κ3) is 4.56. The van der Waals surface area contributed by atoms with Crippen LogP contribution < -0.4 is 5.32 Å². The molecule has 126 valence electrons. The van der Waals surface area contributed by atoms with Crippen molar-refractivity contribution in [2.45, 2.75) is 31.3 Å². The van der Waals surface area contributed by atoms with E-state index in [9.17, 15) is 4.79 Å². The monoisotopic (exact) mass is 344 g/mol. The van der Waals surface area contributed by atoms with Crippen molar-refractivity contribution in [2.75, 3.05) is 13.2 Å². The summed E-state index contributed by atoms with van der Waals surface area (Å²) < 4.78 is 5.45. The molecule has 1 aliphatic rings. The molecule has 1 aromatic carbocycles. The predicted octanol–water partition coefficient (Wildman–Crippen LogP) is 3.36. The summed E-state index contributed by atoms with van der Waals surface area (Å²) in [6.07, 6.45) is 5.90. The minimum atomic E-state index is -0.297. The van der Waals surface area contributed by atoms with Crippen LogP contribution in [0, 0.1) is 0 Å². The molecule has 0 aliphatic carbocycles. The fourth-order valence-corrected chi connectivity index (χ4v) is 3.09. The molecule has 1 aromatic heterocycles. The molecule has 2 unspecified atom stereocenters. The van der Waals surface area contributed by atoms with E-state index < -0.39 is 0 Å². The van der Waals surface area contributed by atoms with E-state index in [-0.39, 0.29) is 17.9 Å². The van der Waals surface area contributed by atoms with Crippen molar-refractivity contribution >= 4 is 17.5 Å². The second-order valence-electron chi connectivity index (χ2n) is 6.06. The summed E-state index contributed by atoms with van der Waals surface area (Å²) in [6, 6.07) is 11.8. The number of nitrogens with zero attached hydrogens (tertiary/aromatic N) is 1. The van der Waals surface area contributed by atoms with Crippen molar-refractivity contribution in [1.82, 2.24) is 10.3 Å². The van der Waals surface area contributed by atoms with Crippen molar-refractivity contribution in [2.24, 2.45) is 0 Å². The predicted molar refractivity (Wildman–Crippen MR) is 94.1 cm³/mol. The number of rotatable bonds is 6. The molecular weight excluding hydrogens is 324 g/mol. The van der Waals surface area contributed by atoms with Crippen LogP contribution in [0.1, 0.15) is 29.9 Å². The Kier molecular flexibility index (Phi) is 5.83. The van der Waals surface area contributed by atoms with Crippen LogP contribution in [0.2, 0.25) is 5.02 Å². The van der Waals surface area contributed by atoms with E-state index in [1.807, 2.05) is 36.5 Å². The maximum atomic E-state index is 12.2. The van der Waals surface area contributed by atoms with E-state index >= 15 is 0 Å². The fraction of sp³-hybridized carbons (Fsp3) is 0.368. The Hall–Kier alpha value is -1.91. The molecule has 1 aliphatic heterocycles. The van der Waals surface area contributed by atoms with Gasteiger partial charge < -0.3 is 10.1 Å². The first kappa shape index (κ1) is 16.9. The molecule has 1 fully saturated rings. The van der Waals surface area contributed by atoms with E-state index in [4.69, 9.17) is 16.3 Å². The summed E-state index contributed by atoms with van der Waals surface area (Å²) in [6.45, 7) is 1.24. The van der Waals surface area contributed by atoms with Gasteiger partial charge in [0.15, 0.2) is 0 Å². The molecule has 1 saturated heterocycles. The third-order valence-electron chi connectivity index (χ3n) is 4.29. The highest BCUT2D eigenvalue weighted by atomic mass is 35.5. The van der Waals surface area contributed by atoms with Crippen LogP contribution in [0.25, 0.3) is 0 Å². The number of hydrogen-bond donors (Lipinski definition) is 1. The van der Waals surface area contributed by atoms with Crippen molar-refractivity contribution in [3.8, 4) is 0 Å². The molecule has 0 radical (unpaired) electrons. The number of carbonyl (C=O) groups excluding carboxylic acids is 1. The lowest BCUT2D eigenvalue weighted by Gasteiger charge is -2.19. The van der Waals surface area contributed by atoms with Gasteiger partial charge in [-0.25, -0.2) is 0 Å². The average molecular weight is 345 g/mol. The van der Waals surface area contributed by atoms with Gasteiger partial charge in [-0.1, -0.05) is 29.8 Å². The molecule has 2 aromatic rings. The minimum absolute atomic E-state index is 0.0161. The smallest absolute Gasteiger partial charge is 0.249 e. The molecule has 1 amide bonds. The molecule has 24 heavy (non-hydrogen) atoms. The first-order valence-electron chi connectivity index (χ1n) is 8.26. The van der Waals surface area contributed by atoms with Crippen LogP contribution in [0.4, 0.5) is 0 Å². The Morgan fingerprint density at radius 2 is 2.17 bits per heavy atom. The van der Waals surface area contributed by atoms with Crippen molar-refractivity contribution in [3.63, 3.8) is 0 Å². The first-order chi connectivity index (χ1) is 11.7. The molecule has 4 nitrogen and oxygen atoms in total. The van der Waals surface area contributed by atoms with E-state index in [1.54, 1.807) is 6.20 Å². The number of aromatic nitrogens is 1. The molecule has 0 spiro atoms. The molecule has 0 bridgehead atoms. The lowest BCUT2D eigenvalue weighted by atomic mass is 9.92. The van der Waals surface area contributed by atoms with E-state index in [0.29, 0.717) is 18.2 Å². The zero-order chi connectivity index (χ0) is 16.8. The zero-order valence-electron chi connectivity index (χ0n) is 13.5. The number of benzene rings is 1. The Balaban J connectivity index is 1.69. The maximum Gasteiger partial charge on any atom is 0.249 e. The van der Waals surface area contributed by atoms with Gasteiger partial charge in [-0.05, 0) is 48.6 Å². The lowest BCUT2D eigenvalue weighted by molar-refractivity contribution is -0.130. The maximum absolute atomic E-state index is 12.2. The summed E-state index contributed by atoms with van der Waals surface area (Å²) in [5, 5.41) is 3.75. The Morgan fingerprint density at radius 1 is 1.33 bits per heavy atom. The van der Waals surface area contributed by atoms with Crippen LogP contribution in [0.3, 0.4) is 0 Å². The average Bonchev–Trinajstić information content (AvgIpc) is 3.15. The summed E-state index contributed by atoms with van der Waals surface area (Å²) in [5.41, 5.74) is 2.29. The summed E-state index contributed by atoms with van der Waals surface area (Å²) in [5.74, 6) is 0.148. The normalized spacial score (nSPS) is 18.3. The quantitative estimate of drug-likeness (QED) is 0.874. The minimum Gasteiger partial charge on any atom is -0.368 e. The topological polar surface area (TPSA) is 51.2 Å². The zero-order valence-corrected chi connectivity index (χ0v) is 14.2. The van der Waals surface area contributed by atoms with Crippen LogP contribution in [0.15, 0.2) is 48.8 Å².